The van der Waals surface area contributed by atoms with E-state index in [1.54, 1.807) is 6.92 Å². The molecule has 3 heteroatoms. The fraction of sp³-hybridized carbons (Fsp3) is 0.312. The summed E-state index contributed by atoms with van der Waals surface area (Å²) in [7, 11) is 2.01. The molecule has 1 atom stereocenters. The van der Waals surface area contributed by atoms with Crippen molar-refractivity contribution in [2.75, 3.05) is 18.5 Å². The summed E-state index contributed by atoms with van der Waals surface area (Å²) in [5.74, 6) is -1.04. The van der Waals surface area contributed by atoms with E-state index in [-0.39, 0.29) is 5.92 Å². The molecule has 0 saturated heterocycles. The van der Waals surface area contributed by atoms with Crippen LogP contribution in [-0.2, 0) is 4.79 Å². The van der Waals surface area contributed by atoms with Crippen LogP contribution >= 0.6 is 0 Å². The van der Waals surface area contributed by atoms with Crippen LogP contribution in [0.2, 0.25) is 0 Å². The molecular weight excluding hydrogens is 238 g/mol. The molecule has 0 aromatic heterocycles. The Hall–Kier alpha value is -2.03. The smallest absolute Gasteiger partial charge is 0.306 e. The highest BCUT2D eigenvalue weighted by Crippen LogP contribution is 2.26. The third kappa shape index (κ3) is 3.05. The van der Waals surface area contributed by atoms with E-state index in [2.05, 4.69) is 29.2 Å². The van der Waals surface area contributed by atoms with E-state index in [1.165, 1.54) is 10.8 Å². The maximum atomic E-state index is 10.8. The molecule has 0 spiro atoms. The van der Waals surface area contributed by atoms with Crippen molar-refractivity contribution in [2.24, 2.45) is 5.92 Å². The highest BCUT2D eigenvalue weighted by Gasteiger charge is 2.12. The van der Waals surface area contributed by atoms with Gasteiger partial charge in [0.2, 0.25) is 0 Å². The third-order valence-corrected chi connectivity index (χ3v) is 3.50. The van der Waals surface area contributed by atoms with Gasteiger partial charge in [0.15, 0.2) is 0 Å². The molecule has 0 saturated carbocycles. The number of nitrogens with zero attached hydrogens (tertiary/aromatic N) is 1. The van der Waals surface area contributed by atoms with Crippen molar-refractivity contribution in [1.82, 2.24) is 0 Å². The van der Waals surface area contributed by atoms with E-state index in [9.17, 15) is 4.79 Å². The molecule has 0 radical (unpaired) electrons. The van der Waals surface area contributed by atoms with Crippen LogP contribution in [0, 0.1) is 5.92 Å². The fourth-order valence-corrected chi connectivity index (χ4v) is 2.17. The van der Waals surface area contributed by atoms with Crippen molar-refractivity contribution in [3.8, 4) is 0 Å². The van der Waals surface area contributed by atoms with Gasteiger partial charge in [-0.25, -0.2) is 0 Å². The monoisotopic (exact) mass is 257 g/mol. The minimum absolute atomic E-state index is 0.308. The molecule has 3 nitrogen and oxygen atoms in total. The summed E-state index contributed by atoms with van der Waals surface area (Å²) in [5, 5.41) is 11.3. The Kier molecular flexibility index (Phi) is 4.05. The van der Waals surface area contributed by atoms with Gasteiger partial charge in [-0.1, -0.05) is 43.3 Å². The normalized spacial score (nSPS) is 12.3. The lowest BCUT2D eigenvalue weighted by Gasteiger charge is -2.22. The van der Waals surface area contributed by atoms with Crippen LogP contribution in [0.3, 0.4) is 0 Å². The number of benzene rings is 2. The summed E-state index contributed by atoms with van der Waals surface area (Å²) < 4.78 is 0. The van der Waals surface area contributed by atoms with Gasteiger partial charge in [0.25, 0.3) is 0 Å². The number of anilines is 1. The van der Waals surface area contributed by atoms with Crippen LogP contribution in [0.5, 0.6) is 0 Å². The van der Waals surface area contributed by atoms with Gasteiger partial charge in [0.1, 0.15) is 0 Å². The highest BCUT2D eigenvalue weighted by atomic mass is 16.4. The zero-order valence-corrected chi connectivity index (χ0v) is 11.3. The Balaban J connectivity index is 2.17. The maximum absolute atomic E-state index is 10.8. The summed E-state index contributed by atoms with van der Waals surface area (Å²) >= 11 is 0. The third-order valence-electron chi connectivity index (χ3n) is 3.50. The highest BCUT2D eigenvalue weighted by molar-refractivity contribution is 5.94. The molecule has 0 fully saturated rings. The Bertz CT molecular complexity index is 574. The largest absolute Gasteiger partial charge is 0.481 e. The first-order valence-corrected chi connectivity index (χ1v) is 6.51. The quantitative estimate of drug-likeness (QED) is 0.892. The first kappa shape index (κ1) is 13.4. The van der Waals surface area contributed by atoms with Crippen molar-refractivity contribution in [3.05, 3.63) is 42.5 Å². The van der Waals surface area contributed by atoms with Gasteiger partial charge in [-0.3, -0.25) is 4.79 Å². The van der Waals surface area contributed by atoms with Crippen LogP contribution < -0.4 is 4.90 Å². The molecule has 1 unspecified atom stereocenters. The van der Waals surface area contributed by atoms with Crippen molar-refractivity contribution in [3.63, 3.8) is 0 Å². The average molecular weight is 257 g/mol. The molecule has 0 bridgehead atoms. The van der Waals surface area contributed by atoms with Crippen LogP contribution in [0.4, 0.5) is 5.69 Å². The first-order valence-electron chi connectivity index (χ1n) is 6.51. The number of carbonyl (C=O) groups is 1. The standard InChI is InChI=1S/C16H19NO2/c1-12(16(18)19)10-11-17(2)15-9-5-7-13-6-3-4-8-14(13)15/h3-9,12H,10-11H2,1-2H3,(H,18,19). The zero-order chi connectivity index (χ0) is 13.8. The van der Waals surface area contributed by atoms with E-state index in [1.807, 2.05) is 25.2 Å². The number of aliphatic carboxylic acids is 1. The molecule has 0 aliphatic carbocycles. The second kappa shape index (κ2) is 5.74. The Morgan fingerprint density at radius 1 is 1.21 bits per heavy atom. The van der Waals surface area contributed by atoms with Crippen LogP contribution in [-0.4, -0.2) is 24.7 Å². The average Bonchev–Trinajstić information content (AvgIpc) is 2.43. The summed E-state index contributed by atoms with van der Waals surface area (Å²) in [6.07, 6.45) is 0.648. The molecule has 2 aromatic carbocycles. The first-order chi connectivity index (χ1) is 9.09. The van der Waals surface area contributed by atoms with Gasteiger partial charge in [0.05, 0.1) is 5.92 Å². The maximum Gasteiger partial charge on any atom is 0.306 e. The Labute approximate surface area is 113 Å². The summed E-state index contributed by atoms with van der Waals surface area (Å²) in [4.78, 5) is 13.0. The molecule has 0 aliphatic rings. The lowest BCUT2D eigenvalue weighted by atomic mass is 10.1. The van der Waals surface area contributed by atoms with Crippen LogP contribution in [0.1, 0.15) is 13.3 Å². The van der Waals surface area contributed by atoms with E-state index >= 15 is 0 Å². The lowest BCUT2D eigenvalue weighted by Crippen LogP contribution is -2.23. The predicted molar refractivity (Wildman–Crippen MR) is 78.6 cm³/mol. The van der Waals surface area contributed by atoms with Gasteiger partial charge in [-0.2, -0.15) is 0 Å². The van der Waals surface area contributed by atoms with Gasteiger partial charge < -0.3 is 10.0 Å². The minimum atomic E-state index is -0.730. The Morgan fingerprint density at radius 2 is 1.89 bits per heavy atom. The molecule has 1 N–H and O–H groups in total. The van der Waals surface area contributed by atoms with Crippen molar-refractivity contribution < 1.29 is 9.90 Å². The molecule has 0 amide bonds. The molecule has 100 valence electrons. The van der Waals surface area contributed by atoms with Crippen LogP contribution in [0.15, 0.2) is 42.5 Å². The molecule has 0 heterocycles. The molecule has 2 aromatic rings. The number of carboxylic acid groups (broad SMARTS) is 1. The zero-order valence-electron chi connectivity index (χ0n) is 11.3. The number of hydrogen-bond acceptors (Lipinski definition) is 2. The number of hydrogen-bond donors (Lipinski definition) is 1. The predicted octanol–water partition coefficient (Wildman–Crippen LogP) is 3.39. The molecular formula is C16H19NO2. The summed E-state index contributed by atoms with van der Waals surface area (Å²) in [6, 6.07) is 14.4. The van der Waals surface area contributed by atoms with Gasteiger partial charge in [0, 0.05) is 24.7 Å². The number of rotatable bonds is 5. The molecule has 2 rings (SSSR count). The van der Waals surface area contributed by atoms with E-state index < -0.39 is 5.97 Å². The van der Waals surface area contributed by atoms with Gasteiger partial charge in [-0.15, -0.1) is 0 Å². The van der Waals surface area contributed by atoms with Crippen molar-refractivity contribution in [1.29, 1.82) is 0 Å². The van der Waals surface area contributed by atoms with Crippen LogP contribution in [0.25, 0.3) is 10.8 Å². The van der Waals surface area contributed by atoms with E-state index in [4.69, 9.17) is 5.11 Å². The molecule has 0 aliphatic heterocycles. The number of fused-ring (bicyclic) bond motifs is 1. The van der Waals surface area contributed by atoms with E-state index in [0.29, 0.717) is 6.42 Å². The van der Waals surface area contributed by atoms with Gasteiger partial charge in [-0.05, 0) is 17.9 Å². The second-order valence-corrected chi connectivity index (χ2v) is 4.95. The minimum Gasteiger partial charge on any atom is -0.481 e. The van der Waals surface area contributed by atoms with Gasteiger partial charge >= 0.3 is 5.97 Å². The SMILES string of the molecule is CC(CCN(C)c1cccc2ccccc12)C(=O)O. The summed E-state index contributed by atoms with van der Waals surface area (Å²) in [6.45, 7) is 2.49. The lowest BCUT2D eigenvalue weighted by molar-refractivity contribution is -0.141. The topological polar surface area (TPSA) is 40.5 Å². The summed E-state index contributed by atoms with van der Waals surface area (Å²) in [5.41, 5.74) is 1.15. The molecule has 19 heavy (non-hydrogen) atoms. The second-order valence-electron chi connectivity index (χ2n) is 4.95. The number of carboxylic acids is 1. The fourth-order valence-electron chi connectivity index (χ4n) is 2.17. The van der Waals surface area contributed by atoms with Crippen molar-refractivity contribution >= 4 is 22.4 Å². The van der Waals surface area contributed by atoms with Crippen molar-refractivity contribution in [2.45, 2.75) is 13.3 Å². The van der Waals surface area contributed by atoms with E-state index in [0.717, 1.165) is 12.2 Å². The Morgan fingerprint density at radius 3 is 2.63 bits per heavy atom.